The summed E-state index contributed by atoms with van der Waals surface area (Å²) < 4.78 is 7.50. The van der Waals surface area contributed by atoms with Crippen molar-refractivity contribution in [2.45, 2.75) is 36.4 Å². The lowest BCUT2D eigenvalue weighted by Gasteiger charge is -2.10. The van der Waals surface area contributed by atoms with E-state index in [1.165, 1.54) is 5.56 Å². The Morgan fingerprint density at radius 3 is 2.81 bits per heavy atom. The van der Waals surface area contributed by atoms with E-state index < -0.39 is 0 Å². The number of benzene rings is 2. The molecule has 0 spiro atoms. The summed E-state index contributed by atoms with van der Waals surface area (Å²) in [7, 11) is 0. The fourth-order valence-electron chi connectivity index (χ4n) is 3.16. The van der Waals surface area contributed by atoms with Crippen LogP contribution < -0.4 is 0 Å². The van der Waals surface area contributed by atoms with Crippen LogP contribution in [-0.4, -0.2) is 32.9 Å². The first-order chi connectivity index (χ1) is 13.3. The Labute approximate surface area is 162 Å². The second kappa shape index (κ2) is 8.33. The summed E-state index contributed by atoms with van der Waals surface area (Å²) >= 11 is 1.62. The molecule has 4 rings (SSSR count). The van der Waals surface area contributed by atoms with E-state index in [0.717, 1.165) is 41.5 Å². The van der Waals surface area contributed by atoms with Crippen molar-refractivity contribution >= 4 is 11.8 Å². The van der Waals surface area contributed by atoms with Gasteiger partial charge in [0.1, 0.15) is 0 Å². The van der Waals surface area contributed by atoms with E-state index in [0.29, 0.717) is 12.1 Å². The van der Waals surface area contributed by atoms with E-state index in [-0.39, 0.29) is 6.10 Å². The minimum absolute atomic E-state index is 0.215. The third-order valence-corrected chi connectivity index (χ3v) is 5.61. The summed E-state index contributed by atoms with van der Waals surface area (Å²) in [6, 6.07) is 18.2. The summed E-state index contributed by atoms with van der Waals surface area (Å²) in [5, 5.41) is 22.1. The van der Waals surface area contributed by atoms with Gasteiger partial charge in [-0.25, -0.2) is 4.68 Å². The molecule has 0 saturated carbocycles. The third kappa shape index (κ3) is 4.18. The topological polar surface area (TPSA) is 76.6 Å². The van der Waals surface area contributed by atoms with Crippen LogP contribution in [0, 0.1) is 11.3 Å². The van der Waals surface area contributed by atoms with Gasteiger partial charge in [-0.3, -0.25) is 0 Å². The number of aromatic nitrogens is 4. The van der Waals surface area contributed by atoms with Crippen molar-refractivity contribution in [1.82, 2.24) is 20.2 Å². The van der Waals surface area contributed by atoms with Gasteiger partial charge < -0.3 is 4.74 Å². The van der Waals surface area contributed by atoms with Crippen molar-refractivity contribution in [3.05, 3.63) is 59.7 Å². The number of ether oxygens (including phenoxy) is 1. The van der Waals surface area contributed by atoms with Gasteiger partial charge in [0, 0.05) is 12.4 Å². The first kappa shape index (κ1) is 17.7. The summed E-state index contributed by atoms with van der Waals surface area (Å²) in [4.78, 5) is 0. The zero-order chi connectivity index (χ0) is 18.5. The van der Waals surface area contributed by atoms with Gasteiger partial charge in [0.2, 0.25) is 5.16 Å². The number of tetrazole rings is 1. The van der Waals surface area contributed by atoms with Crippen LogP contribution in [0.15, 0.2) is 53.7 Å². The molecule has 0 N–H and O–H groups in total. The molecule has 0 unspecified atom stereocenters. The molecule has 27 heavy (non-hydrogen) atoms. The van der Waals surface area contributed by atoms with Gasteiger partial charge in [-0.2, -0.15) is 5.26 Å². The second-order valence-corrected chi connectivity index (χ2v) is 7.36. The minimum atomic E-state index is 0.215. The molecule has 136 valence electrons. The van der Waals surface area contributed by atoms with Crippen LogP contribution in [-0.2, 0) is 17.0 Å². The molecule has 1 aromatic heterocycles. The SMILES string of the molecule is N#Cc1ccccc1-c1ccc(CSc2nnnn2C[C@H]2CCCO2)cc1. The van der Waals surface area contributed by atoms with Gasteiger partial charge in [0.25, 0.3) is 0 Å². The van der Waals surface area contributed by atoms with E-state index >= 15 is 0 Å². The van der Waals surface area contributed by atoms with Crippen molar-refractivity contribution < 1.29 is 4.74 Å². The van der Waals surface area contributed by atoms with E-state index in [2.05, 4.69) is 45.9 Å². The molecule has 2 aromatic carbocycles. The molecule has 0 bridgehead atoms. The lowest BCUT2D eigenvalue weighted by Crippen LogP contribution is -2.16. The molecule has 1 fully saturated rings. The van der Waals surface area contributed by atoms with Gasteiger partial charge in [0.15, 0.2) is 0 Å². The molecular formula is C20H19N5OS. The highest BCUT2D eigenvalue weighted by Crippen LogP contribution is 2.26. The number of nitrogens with zero attached hydrogens (tertiary/aromatic N) is 5. The Morgan fingerprint density at radius 1 is 1.19 bits per heavy atom. The maximum atomic E-state index is 9.27. The largest absolute Gasteiger partial charge is 0.376 e. The molecule has 1 aliphatic rings. The zero-order valence-corrected chi connectivity index (χ0v) is 15.6. The fraction of sp³-hybridized carbons (Fsp3) is 0.300. The van der Waals surface area contributed by atoms with E-state index in [9.17, 15) is 5.26 Å². The monoisotopic (exact) mass is 377 g/mol. The molecule has 1 aliphatic heterocycles. The average molecular weight is 377 g/mol. The van der Waals surface area contributed by atoms with Gasteiger partial charge in [-0.05, 0) is 46.0 Å². The molecule has 7 heteroatoms. The molecule has 6 nitrogen and oxygen atoms in total. The van der Waals surface area contributed by atoms with E-state index in [1.54, 1.807) is 11.8 Å². The fourth-order valence-corrected chi connectivity index (χ4v) is 4.00. The normalized spacial score (nSPS) is 16.3. The number of thioether (sulfide) groups is 1. The Morgan fingerprint density at radius 2 is 2.04 bits per heavy atom. The number of nitriles is 1. The highest BCUT2D eigenvalue weighted by atomic mass is 32.2. The van der Waals surface area contributed by atoms with Crippen molar-refractivity contribution in [3.63, 3.8) is 0 Å². The summed E-state index contributed by atoms with van der Waals surface area (Å²) in [6.45, 7) is 1.54. The van der Waals surface area contributed by atoms with Gasteiger partial charge in [-0.1, -0.05) is 54.2 Å². The predicted molar refractivity (Wildman–Crippen MR) is 103 cm³/mol. The average Bonchev–Trinajstić information content (AvgIpc) is 3.39. The number of hydrogen-bond acceptors (Lipinski definition) is 6. The minimum Gasteiger partial charge on any atom is -0.376 e. The Hall–Kier alpha value is -2.69. The van der Waals surface area contributed by atoms with Crippen LogP contribution in [0.2, 0.25) is 0 Å². The van der Waals surface area contributed by atoms with Crippen LogP contribution in [0.4, 0.5) is 0 Å². The maximum Gasteiger partial charge on any atom is 0.209 e. The second-order valence-electron chi connectivity index (χ2n) is 6.42. The van der Waals surface area contributed by atoms with Crippen LogP contribution in [0.3, 0.4) is 0 Å². The van der Waals surface area contributed by atoms with Gasteiger partial charge >= 0.3 is 0 Å². The molecule has 0 amide bonds. The van der Waals surface area contributed by atoms with Crippen LogP contribution >= 0.6 is 11.8 Å². The predicted octanol–water partition coefficient (Wildman–Crippen LogP) is 3.68. The van der Waals surface area contributed by atoms with Gasteiger partial charge in [-0.15, -0.1) is 5.10 Å². The first-order valence-electron chi connectivity index (χ1n) is 8.92. The number of hydrogen-bond donors (Lipinski definition) is 0. The lowest BCUT2D eigenvalue weighted by atomic mass is 10.00. The van der Waals surface area contributed by atoms with E-state index in [1.807, 2.05) is 28.9 Å². The van der Waals surface area contributed by atoms with Crippen molar-refractivity contribution in [2.75, 3.05) is 6.61 Å². The number of rotatable bonds is 6. The van der Waals surface area contributed by atoms with Crippen molar-refractivity contribution in [2.24, 2.45) is 0 Å². The highest BCUT2D eigenvalue weighted by Gasteiger charge is 2.18. The maximum absolute atomic E-state index is 9.27. The Bertz CT molecular complexity index is 942. The molecular weight excluding hydrogens is 358 g/mol. The summed E-state index contributed by atoms with van der Waals surface area (Å²) in [5.41, 5.74) is 3.88. The van der Waals surface area contributed by atoms with Crippen LogP contribution in [0.1, 0.15) is 24.0 Å². The lowest BCUT2D eigenvalue weighted by molar-refractivity contribution is 0.0912. The first-order valence-corrected chi connectivity index (χ1v) is 9.91. The Balaban J connectivity index is 1.41. The van der Waals surface area contributed by atoms with Crippen LogP contribution in [0.5, 0.6) is 0 Å². The zero-order valence-electron chi connectivity index (χ0n) is 14.8. The molecule has 3 aromatic rings. The Kier molecular flexibility index (Phi) is 5.47. The quantitative estimate of drug-likeness (QED) is 0.610. The summed E-state index contributed by atoms with van der Waals surface area (Å²) in [5.74, 6) is 0.784. The van der Waals surface area contributed by atoms with E-state index in [4.69, 9.17) is 4.74 Å². The summed E-state index contributed by atoms with van der Waals surface area (Å²) in [6.07, 6.45) is 2.39. The smallest absolute Gasteiger partial charge is 0.209 e. The molecule has 0 aliphatic carbocycles. The molecule has 2 heterocycles. The molecule has 0 radical (unpaired) electrons. The van der Waals surface area contributed by atoms with Crippen LogP contribution in [0.25, 0.3) is 11.1 Å². The highest BCUT2D eigenvalue weighted by molar-refractivity contribution is 7.98. The standard InChI is InChI=1S/C20H19N5OS/c21-12-17-4-1-2-6-19(17)16-9-7-15(8-10-16)14-27-20-22-23-24-25(20)13-18-5-3-11-26-18/h1-2,4,6-10,18H,3,5,11,13-14H2/t18-/m1/s1. The molecule has 1 saturated heterocycles. The third-order valence-electron chi connectivity index (χ3n) is 4.58. The molecule has 1 atom stereocenters. The van der Waals surface area contributed by atoms with Crippen molar-refractivity contribution in [1.29, 1.82) is 5.26 Å². The van der Waals surface area contributed by atoms with Crippen molar-refractivity contribution in [3.8, 4) is 17.2 Å². The van der Waals surface area contributed by atoms with Gasteiger partial charge in [0.05, 0.1) is 24.3 Å².